The summed E-state index contributed by atoms with van der Waals surface area (Å²) in [5, 5.41) is 2.29. The number of epoxide rings is 1. The Morgan fingerprint density at radius 1 is 0.604 bits per heavy atom. The molecule has 16 heteroatoms. The van der Waals surface area contributed by atoms with Crippen LogP contribution in [0.2, 0.25) is 44.8 Å². The highest BCUT2D eigenvalue weighted by molar-refractivity contribution is 6.81. The normalized spacial score (nSPS) is 18.7. The summed E-state index contributed by atoms with van der Waals surface area (Å²) in [7, 11) is 0.206. The zero-order valence-corrected chi connectivity index (χ0v) is 41.4. The molecule has 3 atom stereocenters. The van der Waals surface area contributed by atoms with Gasteiger partial charge in [0.15, 0.2) is 0 Å². The first-order chi connectivity index (χ1) is 25.0. The van der Waals surface area contributed by atoms with E-state index in [0.717, 1.165) is 28.4 Å². The average Bonchev–Trinajstić information content (AvgIpc) is 3.97. The second-order valence-electron chi connectivity index (χ2n) is 13.7. The van der Waals surface area contributed by atoms with Crippen molar-refractivity contribution in [3.8, 4) is 0 Å². The molecule has 0 N–H and O–H groups in total. The fraction of sp³-hybridized carbons (Fsp3) is 0.784. The van der Waals surface area contributed by atoms with Crippen molar-refractivity contribution in [1.82, 2.24) is 0 Å². The van der Waals surface area contributed by atoms with Gasteiger partial charge in [-0.25, -0.2) is 0 Å². The summed E-state index contributed by atoms with van der Waals surface area (Å²) in [4.78, 5) is 0. The summed E-state index contributed by atoms with van der Waals surface area (Å²) in [5.74, 6) is 0.839. The Morgan fingerprint density at radius 2 is 1.00 bits per heavy atom. The minimum absolute atomic E-state index is 0.599. The van der Waals surface area contributed by atoms with Gasteiger partial charge in [0, 0.05) is 69.1 Å². The molecule has 3 unspecified atom stereocenters. The Hall–Kier alpha value is -0.396. The van der Waals surface area contributed by atoms with E-state index in [4.69, 9.17) is 49.0 Å². The molecule has 0 radical (unpaired) electrons. The Balaban J connectivity index is 0.000000750. The maximum Gasteiger partial charge on any atom is 0.369 e. The van der Waals surface area contributed by atoms with Crippen LogP contribution in [-0.2, 0) is 49.0 Å². The van der Waals surface area contributed by atoms with Gasteiger partial charge in [-0.05, 0) is 120 Å². The maximum absolute atomic E-state index is 5.94. The van der Waals surface area contributed by atoms with Gasteiger partial charge in [0.2, 0.25) is 0 Å². The molecule has 1 saturated heterocycles. The molecule has 2 aliphatic rings. The first-order valence-electron chi connectivity index (χ1n) is 19.3. The predicted octanol–water partition coefficient (Wildman–Crippen LogP) is 7.15. The third kappa shape index (κ3) is 18.6. The molecule has 53 heavy (non-hydrogen) atoms. The third-order valence-corrected chi connectivity index (χ3v) is 24.7. The van der Waals surface area contributed by atoms with Crippen LogP contribution in [0, 0.1) is 5.92 Å². The second kappa shape index (κ2) is 26.5. The molecule has 1 aliphatic heterocycles. The van der Waals surface area contributed by atoms with Crippen molar-refractivity contribution in [3.05, 3.63) is 36.5 Å². The van der Waals surface area contributed by atoms with Gasteiger partial charge in [-0.15, -0.1) is 6.58 Å². The van der Waals surface area contributed by atoms with Crippen LogP contribution in [0.25, 0.3) is 0 Å². The summed E-state index contributed by atoms with van der Waals surface area (Å²) in [6.07, 6.45) is 6.34. The molecule has 0 aromatic heterocycles. The number of benzene rings is 1. The lowest BCUT2D eigenvalue weighted by Crippen LogP contribution is -2.54. The van der Waals surface area contributed by atoms with E-state index < -0.39 is 42.8 Å². The standard InChI is InChI=1S/C16H30O4Si2.C11H22O3Si.C5H14O2Si.C5H12O2Si/c1-7-17-21(5,18-8-2)15-11-13-16(14-12-15)22(6,19-9-3)20-10-4;1-12-15(3,13-2)7-6-9-4-5-10-11(8-9)14-10;2*1-5-8(4,6-2)7-3/h11-14H,7-10H2,1-6H3;9-11H,4-8H2,1-3H3;5H2,1-4H3;5H,1H2,2-4H3. The van der Waals surface area contributed by atoms with Gasteiger partial charge in [-0.3, -0.25) is 0 Å². The van der Waals surface area contributed by atoms with Gasteiger partial charge in [0.05, 0.1) is 12.2 Å². The zero-order chi connectivity index (χ0) is 40.8. The first-order valence-corrected chi connectivity index (χ1v) is 31.3. The van der Waals surface area contributed by atoms with Crippen LogP contribution < -0.4 is 10.4 Å². The van der Waals surface area contributed by atoms with Crippen molar-refractivity contribution in [2.24, 2.45) is 5.92 Å². The number of ether oxygens (including phenoxy) is 1. The SMILES string of the molecule is C=C[Si](C)(OC)OC.CCO[Si](C)(OCC)c1ccc([Si](C)(OCC)OCC)cc1.CC[Si](C)(OC)OC.CO[Si](C)(CCC1CCC2OC2C1)OC. The summed E-state index contributed by atoms with van der Waals surface area (Å²) in [6, 6.07) is 10.6. The van der Waals surface area contributed by atoms with Crippen molar-refractivity contribution >= 4 is 53.2 Å². The van der Waals surface area contributed by atoms with Crippen LogP contribution in [-0.4, -0.2) is 124 Å². The smallest absolute Gasteiger partial charge is 0.369 e. The molecule has 1 aromatic carbocycles. The minimum Gasteiger partial charge on any atom is -0.398 e. The average molecular weight is 839 g/mol. The molecule has 2 fully saturated rings. The summed E-state index contributed by atoms with van der Waals surface area (Å²) in [5.41, 5.74) is 1.74. The van der Waals surface area contributed by atoms with Crippen molar-refractivity contribution in [1.29, 1.82) is 0 Å². The summed E-state index contributed by atoms with van der Waals surface area (Å²) < 4.78 is 60.7. The molecule has 1 aliphatic carbocycles. The molecular formula is C37H78O11Si5. The van der Waals surface area contributed by atoms with Gasteiger partial charge in [-0.1, -0.05) is 31.2 Å². The van der Waals surface area contributed by atoms with Crippen molar-refractivity contribution in [2.75, 3.05) is 69.1 Å². The van der Waals surface area contributed by atoms with Crippen LogP contribution in [0.15, 0.2) is 36.5 Å². The largest absolute Gasteiger partial charge is 0.398 e. The van der Waals surface area contributed by atoms with E-state index in [9.17, 15) is 0 Å². The fourth-order valence-electron chi connectivity index (χ4n) is 5.72. The molecule has 1 saturated carbocycles. The Bertz CT molecular complexity index is 1030. The van der Waals surface area contributed by atoms with E-state index in [0.29, 0.717) is 38.6 Å². The number of fused-ring (bicyclic) bond motifs is 1. The van der Waals surface area contributed by atoms with Gasteiger partial charge < -0.3 is 49.0 Å². The molecule has 1 aromatic rings. The number of rotatable bonds is 21. The van der Waals surface area contributed by atoms with Crippen LogP contribution >= 0.6 is 0 Å². The van der Waals surface area contributed by atoms with E-state index in [1.165, 1.54) is 25.7 Å². The number of hydrogen-bond donors (Lipinski definition) is 0. The van der Waals surface area contributed by atoms with E-state index in [1.807, 2.05) is 40.8 Å². The predicted molar refractivity (Wildman–Crippen MR) is 228 cm³/mol. The lowest BCUT2D eigenvalue weighted by Gasteiger charge is -2.29. The van der Waals surface area contributed by atoms with E-state index >= 15 is 0 Å². The van der Waals surface area contributed by atoms with E-state index in [-0.39, 0.29) is 0 Å². The quantitative estimate of drug-likeness (QED) is 0.0932. The summed E-state index contributed by atoms with van der Waals surface area (Å²) >= 11 is 0. The molecule has 11 nitrogen and oxygen atoms in total. The zero-order valence-electron chi connectivity index (χ0n) is 36.4. The molecular weight excluding hydrogens is 761 g/mol. The highest BCUT2D eigenvalue weighted by atomic mass is 28.4. The van der Waals surface area contributed by atoms with Crippen LogP contribution in [0.4, 0.5) is 0 Å². The van der Waals surface area contributed by atoms with Crippen LogP contribution in [0.5, 0.6) is 0 Å². The van der Waals surface area contributed by atoms with Gasteiger partial charge in [-0.2, -0.15) is 0 Å². The minimum atomic E-state index is -2.31. The third-order valence-electron chi connectivity index (χ3n) is 10.3. The molecule has 0 spiro atoms. The molecule has 1 heterocycles. The molecule has 312 valence electrons. The highest BCUT2D eigenvalue weighted by Gasteiger charge is 2.44. The lowest BCUT2D eigenvalue weighted by atomic mass is 9.88. The van der Waals surface area contributed by atoms with E-state index in [2.05, 4.69) is 57.4 Å². The Morgan fingerprint density at radius 3 is 1.25 bits per heavy atom. The van der Waals surface area contributed by atoms with Crippen LogP contribution in [0.1, 0.15) is 60.3 Å². The van der Waals surface area contributed by atoms with Crippen molar-refractivity contribution in [2.45, 2.75) is 117 Å². The first kappa shape index (κ1) is 52.6. The number of hydrogen-bond acceptors (Lipinski definition) is 11. The molecule has 0 amide bonds. The second-order valence-corrected chi connectivity index (χ2v) is 30.4. The highest BCUT2D eigenvalue weighted by Crippen LogP contribution is 2.41. The monoisotopic (exact) mass is 838 g/mol. The summed E-state index contributed by atoms with van der Waals surface area (Å²) in [6.45, 7) is 26.7. The van der Waals surface area contributed by atoms with E-state index in [1.54, 1.807) is 48.4 Å². The van der Waals surface area contributed by atoms with Crippen LogP contribution in [0.3, 0.4) is 0 Å². The Kier molecular flexibility index (Phi) is 26.3. The van der Waals surface area contributed by atoms with Gasteiger partial charge in [0.25, 0.3) is 0 Å². The maximum atomic E-state index is 5.94. The van der Waals surface area contributed by atoms with Gasteiger partial charge in [0.1, 0.15) is 0 Å². The van der Waals surface area contributed by atoms with Crippen molar-refractivity contribution < 1.29 is 49.0 Å². The molecule has 0 bridgehead atoms. The Labute approximate surface area is 329 Å². The van der Waals surface area contributed by atoms with Crippen molar-refractivity contribution in [3.63, 3.8) is 0 Å². The fourth-order valence-corrected chi connectivity index (χ4v) is 13.1. The molecule has 3 rings (SSSR count). The topological polar surface area (TPSA) is 105 Å². The van der Waals surface area contributed by atoms with Gasteiger partial charge >= 0.3 is 42.8 Å². The lowest BCUT2D eigenvalue weighted by molar-refractivity contribution is 0.201.